The number of benzene rings is 1. The molecule has 0 unspecified atom stereocenters. The fourth-order valence-corrected chi connectivity index (χ4v) is 4.14. The van der Waals surface area contributed by atoms with Gasteiger partial charge >= 0.3 is 11.9 Å². The third-order valence-electron chi connectivity index (χ3n) is 4.87. The van der Waals surface area contributed by atoms with E-state index in [1.807, 2.05) is 0 Å². The minimum atomic E-state index is -1.30. The normalized spacial score (nSPS) is 17.6. The molecule has 0 saturated carbocycles. The molecule has 0 spiro atoms. The standard InChI is InChI=1S/C22H25N3O7S/c1-30-10-4-9-24-16(26)12-33-20-15(11-23)17(18(19(27)25-20)22(29)32-3)13-5-7-14(8-6-13)21(28)31-2/h5-8,17-18H,4,9-10,12H2,1-3H3,(H,24,26)(H,25,27)/t17-,18+/m1/s1. The quantitative estimate of drug-likeness (QED) is 0.289. The second-order valence-electron chi connectivity index (χ2n) is 6.92. The number of nitrogens with one attached hydrogen (secondary N) is 2. The zero-order valence-electron chi connectivity index (χ0n) is 18.5. The van der Waals surface area contributed by atoms with Crippen LogP contribution in [0, 0.1) is 17.2 Å². The highest BCUT2D eigenvalue weighted by atomic mass is 32.2. The van der Waals surface area contributed by atoms with Crippen LogP contribution in [0.15, 0.2) is 34.9 Å². The first-order chi connectivity index (χ1) is 15.9. The monoisotopic (exact) mass is 475 g/mol. The maximum atomic E-state index is 12.8. The lowest BCUT2D eigenvalue weighted by Crippen LogP contribution is -2.44. The predicted molar refractivity (Wildman–Crippen MR) is 119 cm³/mol. The van der Waals surface area contributed by atoms with Crippen molar-refractivity contribution < 1.29 is 33.4 Å². The van der Waals surface area contributed by atoms with Gasteiger partial charge < -0.3 is 24.8 Å². The Morgan fingerprint density at radius 2 is 1.85 bits per heavy atom. The van der Waals surface area contributed by atoms with Crippen LogP contribution in [0.2, 0.25) is 0 Å². The molecule has 176 valence electrons. The zero-order valence-corrected chi connectivity index (χ0v) is 19.3. The Hall–Kier alpha value is -3.36. The predicted octanol–water partition coefficient (Wildman–Crippen LogP) is 1.10. The molecule has 1 aromatic rings. The number of thioether (sulfide) groups is 1. The second kappa shape index (κ2) is 12.6. The van der Waals surface area contributed by atoms with Crippen LogP contribution in [0.5, 0.6) is 0 Å². The van der Waals surface area contributed by atoms with Gasteiger partial charge in [-0.25, -0.2) is 4.79 Å². The third-order valence-corrected chi connectivity index (χ3v) is 5.89. The van der Waals surface area contributed by atoms with Crippen molar-refractivity contribution in [3.8, 4) is 6.07 Å². The van der Waals surface area contributed by atoms with Crippen molar-refractivity contribution in [2.75, 3.05) is 40.2 Å². The minimum Gasteiger partial charge on any atom is -0.468 e. The number of amides is 2. The molecule has 1 aromatic carbocycles. The van der Waals surface area contributed by atoms with E-state index in [9.17, 15) is 24.4 Å². The number of carbonyl (C=O) groups is 4. The van der Waals surface area contributed by atoms with Crippen molar-refractivity contribution in [2.24, 2.45) is 5.92 Å². The molecule has 10 nitrogen and oxygen atoms in total. The average molecular weight is 476 g/mol. The summed E-state index contributed by atoms with van der Waals surface area (Å²) >= 11 is 0.993. The van der Waals surface area contributed by atoms with E-state index in [-0.39, 0.29) is 27.8 Å². The maximum absolute atomic E-state index is 12.8. The molecule has 11 heteroatoms. The first-order valence-corrected chi connectivity index (χ1v) is 11.0. The molecular weight excluding hydrogens is 450 g/mol. The molecule has 2 atom stereocenters. The van der Waals surface area contributed by atoms with E-state index < -0.39 is 29.7 Å². The van der Waals surface area contributed by atoms with Gasteiger partial charge in [-0.05, 0) is 24.1 Å². The molecule has 2 amide bonds. The molecule has 2 rings (SSSR count). The van der Waals surface area contributed by atoms with E-state index in [0.717, 1.165) is 18.9 Å². The Kier molecular flexibility index (Phi) is 9.90. The third kappa shape index (κ3) is 6.57. The molecule has 2 N–H and O–H groups in total. The van der Waals surface area contributed by atoms with Gasteiger partial charge in [-0.3, -0.25) is 14.4 Å². The second-order valence-corrected chi connectivity index (χ2v) is 7.91. The summed E-state index contributed by atoms with van der Waals surface area (Å²) < 4.78 is 14.4. The highest BCUT2D eigenvalue weighted by Gasteiger charge is 2.44. The van der Waals surface area contributed by atoms with Crippen LogP contribution in [0.1, 0.15) is 28.3 Å². The van der Waals surface area contributed by atoms with E-state index >= 15 is 0 Å². The van der Waals surface area contributed by atoms with Crippen molar-refractivity contribution in [1.29, 1.82) is 5.26 Å². The number of rotatable bonds is 10. The summed E-state index contributed by atoms with van der Waals surface area (Å²) in [6.45, 7) is 0.946. The van der Waals surface area contributed by atoms with Crippen molar-refractivity contribution >= 4 is 35.5 Å². The average Bonchev–Trinajstić information content (AvgIpc) is 2.84. The van der Waals surface area contributed by atoms with Gasteiger partial charge in [-0.1, -0.05) is 23.9 Å². The summed E-state index contributed by atoms with van der Waals surface area (Å²) in [5, 5.41) is 15.4. The Labute approximate surface area is 195 Å². The van der Waals surface area contributed by atoms with Crippen LogP contribution in [-0.2, 0) is 28.6 Å². The van der Waals surface area contributed by atoms with Crippen LogP contribution in [0.25, 0.3) is 0 Å². The van der Waals surface area contributed by atoms with Gasteiger partial charge in [0.05, 0.1) is 42.2 Å². The van der Waals surface area contributed by atoms with Crippen molar-refractivity contribution in [2.45, 2.75) is 12.3 Å². The molecule has 0 saturated heterocycles. The van der Waals surface area contributed by atoms with E-state index in [0.29, 0.717) is 25.1 Å². The van der Waals surface area contributed by atoms with Crippen LogP contribution in [0.4, 0.5) is 0 Å². The number of nitriles is 1. The molecule has 0 aliphatic carbocycles. The van der Waals surface area contributed by atoms with Gasteiger partial charge in [-0.15, -0.1) is 0 Å². The highest BCUT2D eigenvalue weighted by molar-refractivity contribution is 8.03. The molecular formula is C22H25N3O7S. The van der Waals surface area contributed by atoms with E-state index in [4.69, 9.17) is 9.47 Å². The van der Waals surface area contributed by atoms with E-state index in [1.54, 1.807) is 19.2 Å². The van der Waals surface area contributed by atoms with E-state index in [1.165, 1.54) is 19.2 Å². The van der Waals surface area contributed by atoms with Crippen LogP contribution in [0.3, 0.4) is 0 Å². The minimum absolute atomic E-state index is 0.0370. The molecule has 0 aromatic heterocycles. The number of hydrogen-bond donors (Lipinski definition) is 2. The van der Waals surface area contributed by atoms with Crippen LogP contribution >= 0.6 is 11.8 Å². The number of allylic oxidation sites excluding steroid dienone is 1. The molecule has 1 aliphatic rings. The fraction of sp³-hybridized carbons (Fsp3) is 0.409. The summed E-state index contributed by atoms with van der Waals surface area (Å²) in [6.07, 6.45) is 0.653. The van der Waals surface area contributed by atoms with Gasteiger partial charge in [-0.2, -0.15) is 5.26 Å². The fourth-order valence-electron chi connectivity index (χ4n) is 3.26. The molecule has 33 heavy (non-hydrogen) atoms. The van der Waals surface area contributed by atoms with Crippen molar-refractivity contribution in [1.82, 2.24) is 10.6 Å². The number of hydrogen-bond acceptors (Lipinski definition) is 9. The lowest BCUT2D eigenvalue weighted by molar-refractivity contribution is -0.150. The summed E-state index contributed by atoms with van der Waals surface area (Å²) in [5.41, 5.74) is 0.859. The Morgan fingerprint density at radius 3 is 2.42 bits per heavy atom. The molecule has 1 heterocycles. The Morgan fingerprint density at radius 1 is 1.15 bits per heavy atom. The van der Waals surface area contributed by atoms with Crippen molar-refractivity contribution in [3.63, 3.8) is 0 Å². The number of carbonyl (C=O) groups excluding carboxylic acids is 4. The van der Waals surface area contributed by atoms with Gasteiger partial charge in [0.25, 0.3) is 0 Å². The lowest BCUT2D eigenvalue weighted by Gasteiger charge is -2.31. The summed E-state index contributed by atoms with van der Waals surface area (Å²) in [4.78, 5) is 49.1. The number of methoxy groups -OCH3 is 3. The summed E-state index contributed by atoms with van der Waals surface area (Å²) in [5.74, 6) is -4.56. The first kappa shape index (κ1) is 25.9. The Bertz CT molecular complexity index is 969. The van der Waals surface area contributed by atoms with E-state index in [2.05, 4.69) is 21.4 Å². The summed E-state index contributed by atoms with van der Waals surface area (Å²) in [7, 11) is 3.98. The highest BCUT2D eigenvalue weighted by Crippen LogP contribution is 2.40. The largest absolute Gasteiger partial charge is 0.468 e. The number of esters is 2. The SMILES string of the molecule is COCCCNC(=O)CSC1=C(C#N)[C@@H](c2ccc(C(=O)OC)cc2)[C@H](C(=O)OC)C(=O)N1. The molecule has 0 fully saturated rings. The maximum Gasteiger partial charge on any atom is 0.337 e. The van der Waals surface area contributed by atoms with Gasteiger partial charge in [0.1, 0.15) is 5.92 Å². The van der Waals surface area contributed by atoms with Gasteiger partial charge in [0.2, 0.25) is 11.8 Å². The zero-order chi connectivity index (χ0) is 24.4. The molecule has 1 aliphatic heterocycles. The topological polar surface area (TPSA) is 144 Å². The number of ether oxygens (including phenoxy) is 3. The summed E-state index contributed by atoms with van der Waals surface area (Å²) in [6, 6.07) is 8.13. The smallest absolute Gasteiger partial charge is 0.337 e. The molecule has 0 radical (unpaired) electrons. The van der Waals surface area contributed by atoms with Crippen LogP contribution < -0.4 is 10.6 Å². The van der Waals surface area contributed by atoms with Gasteiger partial charge in [0.15, 0.2) is 0 Å². The lowest BCUT2D eigenvalue weighted by atomic mass is 9.78. The van der Waals surface area contributed by atoms with Gasteiger partial charge in [0, 0.05) is 26.2 Å². The van der Waals surface area contributed by atoms with Crippen molar-refractivity contribution in [3.05, 3.63) is 46.0 Å². The van der Waals surface area contributed by atoms with Crippen LogP contribution in [-0.4, -0.2) is 64.0 Å². The number of nitrogens with zero attached hydrogens (tertiary/aromatic N) is 1. The first-order valence-electron chi connectivity index (χ1n) is 9.97. The molecule has 0 bridgehead atoms. The Balaban J connectivity index is 2.34.